The minimum absolute atomic E-state index is 0.00177. The zero-order valence-corrected chi connectivity index (χ0v) is 26.5. The lowest BCUT2D eigenvalue weighted by Crippen LogP contribution is -2.53. The molecule has 1 aromatic carbocycles. The van der Waals surface area contributed by atoms with Crippen LogP contribution in [-0.2, 0) is 4.79 Å². The van der Waals surface area contributed by atoms with Gasteiger partial charge in [-0.25, -0.2) is 4.98 Å². The second-order valence-corrected chi connectivity index (χ2v) is 13.4. The maximum atomic E-state index is 12.7. The standard InChI is InChI=1S/C32H49ClN8O/c1-22(2)21-39-16-18-41(19-17-39)26-12-14-40(15-13-26)25-10-8-24(9-11-25)36-32-34-20-28(33)30(38-32)37-29-7-5-6-27(29)31(42)35-23(3)4/h8-11,20,22-23,26-27,29H,5-7,12-19,21H2,1-4H3,(H,35,42)(H2,34,36,37,38)/t27-,29+/m0/s1. The van der Waals surface area contributed by atoms with Crippen LogP contribution in [0.1, 0.15) is 59.8 Å². The highest BCUT2D eigenvalue weighted by Gasteiger charge is 2.34. The summed E-state index contributed by atoms with van der Waals surface area (Å²) in [5, 5.41) is 10.3. The Bertz CT molecular complexity index is 1160. The molecule has 42 heavy (non-hydrogen) atoms. The molecule has 1 aromatic heterocycles. The summed E-state index contributed by atoms with van der Waals surface area (Å²) in [5.74, 6) is 1.78. The van der Waals surface area contributed by atoms with Gasteiger partial charge in [-0.05, 0) is 69.7 Å². The minimum atomic E-state index is -0.0904. The summed E-state index contributed by atoms with van der Waals surface area (Å²) in [6.45, 7) is 16.8. The summed E-state index contributed by atoms with van der Waals surface area (Å²) in [7, 11) is 0. The molecule has 2 aromatic rings. The average Bonchev–Trinajstić information content (AvgIpc) is 3.44. The molecule has 0 spiro atoms. The Labute approximate surface area is 256 Å². The molecule has 1 saturated carbocycles. The third-order valence-corrected chi connectivity index (χ3v) is 9.13. The lowest BCUT2D eigenvalue weighted by atomic mass is 10.0. The first-order valence-electron chi connectivity index (χ1n) is 15.9. The zero-order chi connectivity index (χ0) is 29.6. The molecule has 2 saturated heterocycles. The number of anilines is 4. The summed E-state index contributed by atoms with van der Waals surface area (Å²) in [4.78, 5) is 29.6. The molecule has 0 unspecified atom stereocenters. The van der Waals surface area contributed by atoms with Gasteiger partial charge in [0.05, 0.1) is 12.1 Å². The normalized spacial score (nSPS) is 22.6. The molecule has 1 aliphatic carbocycles. The van der Waals surface area contributed by atoms with Gasteiger partial charge in [-0.2, -0.15) is 4.98 Å². The molecule has 1 amide bonds. The van der Waals surface area contributed by atoms with Crippen LogP contribution in [0.4, 0.5) is 23.1 Å². The van der Waals surface area contributed by atoms with Crippen LogP contribution < -0.4 is 20.9 Å². The number of carbonyl (C=O) groups excluding carboxylic acids is 1. The number of piperazine rings is 1. The van der Waals surface area contributed by atoms with E-state index in [9.17, 15) is 4.79 Å². The van der Waals surface area contributed by atoms with Crippen molar-refractivity contribution in [1.82, 2.24) is 25.1 Å². The summed E-state index contributed by atoms with van der Waals surface area (Å²) < 4.78 is 0. The quantitative estimate of drug-likeness (QED) is 0.344. The molecule has 2 aliphatic heterocycles. The smallest absolute Gasteiger partial charge is 0.229 e. The van der Waals surface area contributed by atoms with E-state index in [1.54, 1.807) is 6.20 Å². The zero-order valence-electron chi connectivity index (χ0n) is 25.8. The number of nitrogens with one attached hydrogen (secondary N) is 3. The molecule has 3 aliphatic rings. The molecule has 230 valence electrons. The van der Waals surface area contributed by atoms with E-state index in [4.69, 9.17) is 11.6 Å². The van der Waals surface area contributed by atoms with Gasteiger partial charge in [-0.3, -0.25) is 9.69 Å². The first-order chi connectivity index (χ1) is 20.2. The number of amides is 1. The third kappa shape index (κ3) is 8.05. The van der Waals surface area contributed by atoms with Gasteiger partial charge in [0.2, 0.25) is 11.9 Å². The first-order valence-corrected chi connectivity index (χ1v) is 16.3. The second-order valence-electron chi connectivity index (χ2n) is 13.0. The van der Waals surface area contributed by atoms with Gasteiger partial charge in [-0.15, -0.1) is 0 Å². The van der Waals surface area contributed by atoms with Crippen LogP contribution in [0.3, 0.4) is 0 Å². The largest absolute Gasteiger partial charge is 0.371 e. The summed E-state index contributed by atoms with van der Waals surface area (Å²) in [5.41, 5.74) is 2.18. The lowest BCUT2D eigenvalue weighted by molar-refractivity contribution is -0.125. The Morgan fingerprint density at radius 3 is 2.36 bits per heavy atom. The van der Waals surface area contributed by atoms with Crippen molar-refractivity contribution >= 4 is 40.6 Å². The van der Waals surface area contributed by atoms with Crippen molar-refractivity contribution in [2.24, 2.45) is 11.8 Å². The van der Waals surface area contributed by atoms with E-state index in [1.165, 1.54) is 51.3 Å². The summed E-state index contributed by atoms with van der Waals surface area (Å²) in [6.07, 6.45) is 6.83. The number of carbonyl (C=O) groups is 1. The van der Waals surface area contributed by atoms with Crippen molar-refractivity contribution in [3.05, 3.63) is 35.5 Å². The fraction of sp³-hybridized carbons (Fsp3) is 0.656. The van der Waals surface area contributed by atoms with Crippen LogP contribution >= 0.6 is 11.6 Å². The number of hydrogen-bond acceptors (Lipinski definition) is 8. The van der Waals surface area contributed by atoms with Crippen LogP contribution in [0.5, 0.6) is 0 Å². The van der Waals surface area contributed by atoms with Crippen LogP contribution in [0.2, 0.25) is 5.02 Å². The molecule has 3 fully saturated rings. The monoisotopic (exact) mass is 596 g/mol. The molecule has 10 heteroatoms. The van der Waals surface area contributed by atoms with Gasteiger partial charge in [-0.1, -0.05) is 31.9 Å². The van der Waals surface area contributed by atoms with Crippen molar-refractivity contribution in [3.63, 3.8) is 0 Å². The predicted molar refractivity (Wildman–Crippen MR) is 173 cm³/mol. The van der Waals surface area contributed by atoms with E-state index < -0.39 is 0 Å². The minimum Gasteiger partial charge on any atom is -0.371 e. The molecule has 2 atom stereocenters. The van der Waals surface area contributed by atoms with Gasteiger partial charge in [0.25, 0.3) is 0 Å². The van der Waals surface area contributed by atoms with E-state index in [0.717, 1.165) is 44.0 Å². The van der Waals surface area contributed by atoms with Crippen LogP contribution in [-0.4, -0.2) is 89.6 Å². The molecular formula is C32H49ClN8O. The van der Waals surface area contributed by atoms with Gasteiger partial charge in [0.1, 0.15) is 5.02 Å². The Balaban J connectivity index is 1.12. The fourth-order valence-corrected chi connectivity index (χ4v) is 6.89. The molecular weight excluding hydrogens is 548 g/mol. The number of nitrogens with zero attached hydrogens (tertiary/aromatic N) is 5. The maximum absolute atomic E-state index is 12.7. The highest BCUT2D eigenvalue weighted by atomic mass is 35.5. The Morgan fingerprint density at radius 2 is 1.69 bits per heavy atom. The molecule has 5 rings (SSSR count). The molecule has 3 N–H and O–H groups in total. The molecule has 3 heterocycles. The van der Waals surface area contributed by atoms with Crippen LogP contribution in [0, 0.1) is 11.8 Å². The topological polar surface area (TPSA) is 88.7 Å². The fourth-order valence-electron chi connectivity index (χ4n) is 6.74. The van der Waals surface area contributed by atoms with Crippen molar-refractivity contribution in [1.29, 1.82) is 0 Å². The van der Waals surface area contributed by atoms with Gasteiger partial charge in [0.15, 0.2) is 5.82 Å². The number of benzene rings is 1. The number of piperidine rings is 1. The molecule has 0 bridgehead atoms. The van der Waals surface area contributed by atoms with Crippen LogP contribution in [0.25, 0.3) is 0 Å². The van der Waals surface area contributed by atoms with E-state index in [-0.39, 0.29) is 23.9 Å². The van der Waals surface area contributed by atoms with Gasteiger partial charge < -0.3 is 25.8 Å². The van der Waals surface area contributed by atoms with Gasteiger partial charge in [0, 0.05) is 75.3 Å². The summed E-state index contributed by atoms with van der Waals surface area (Å²) >= 11 is 6.45. The number of rotatable bonds is 10. The lowest BCUT2D eigenvalue weighted by Gasteiger charge is -2.43. The highest BCUT2D eigenvalue weighted by molar-refractivity contribution is 6.32. The summed E-state index contributed by atoms with van der Waals surface area (Å²) in [6, 6.07) is 9.36. The van der Waals surface area contributed by atoms with Crippen molar-refractivity contribution in [2.75, 3.05) is 61.3 Å². The predicted octanol–water partition coefficient (Wildman–Crippen LogP) is 5.22. The number of halogens is 1. The third-order valence-electron chi connectivity index (χ3n) is 8.85. The van der Waals surface area contributed by atoms with Crippen LogP contribution in [0.15, 0.2) is 30.5 Å². The first kappa shape index (κ1) is 30.8. The molecule has 0 radical (unpaired) electrons. The average molecular weight is 597 g/mol. The highest BCUT2D eigenvalue weighted by Crippen LogP contribution is 2.31. The number of aromatic nitrogens is 2. The van der Waals surface area contributed by atoms with E-state index in [1.807, 2.05) is 13.8 Å². The van der Waals surface area contributed by atoms with E-state index >= 15 is 0 Å². The second kappa shape index (κ2) is 14.2. The number of hydrogen-bond donors (Lipinski definition) is 3. The van der Waals surface area contributed by atoms with Crippen molar-refractivity contribution in [2.45, 2.75) is 77.9 Å². The Kier molecular flexibility index (Phi) is 10.4. The Hall–Kier alpha value is -2.62. The van der Waals surface area contributed by atoms with Crippen molar-refractivity contribution < 1.29 is 4.79 Å². The van der Waals surface area contributed by atoms with E-state index in [2.05, 4.69) is 78.7 Å². The Morgan fingerprint density at radius 1 is 0.976 bits per heavy atom. The maximum Gasteiger partial charge on any atom is 0.229 e. The van der Waals surface area contributed by atoms with E-state index in [0.29, 0.717) is 22.8 Å². The SMILES string of the molecule is CC(C)CN1CCN(C2CCN(c3ccc(Nc4ncc(Cl)c(N[C@@H]5CCC[C@@H]5C(=O)NC(C)C)n4)cc3)CC2)CC1. The van der Waals surface area contributed by atoms with Crippen molar-refractivity contribution in [3.8, 4) is 0 Å². The molecule has 9 nitrogen and oxygen atoms in total. The van der Waals surface area contributed by atoms with Gasteiger partial charge >= 0.3 is 0 Å².